The summed E-state index contributed by atoms with van der Waals surface area (Å²) in [6.07, 6.45) is 2.25. The highest BCUT2D eigenvalue weighted by molar-refractivity contribution is 14.1. The number of likely N-dealkylation sites (tertiary alicyclic amines) is 1. The summed E-state index contributed by atoms with van der Waals surface area (Å²) >= 11 is 9.66. The quantitative estimate of drug-likeness (QED) is 0.177. The van der Waals surface area contributed by atoms with Crippen LogP contribution in [0, 0.1) is 0 Å². The van der Waals surface area contributed by atoms with Gasteiger partial charge in [0.05, 0.1) is 5.02 Å². The second-order valence-corrected chi connectivity index (χ2v) is 13.8. The topological polar surface area (TPSA) is 82.9 Å². The van der Waals surface area contributed by atoms with Crippen molar-refractivity contribution in [2.75, 3.05) is 18.1 Å². The summed E-state index contributed by atoms with van der Waals surface area (Å²) in [5, 5.41) is 10.0. The molecule has 2 heterocycles. The number of thioether (sulfide) groups is 1. The minimum atomic E-state index is -3.14. The minimum absolute atomic E-state index is 0.117. The van der Waals surface area contributed by atoms with E-state index in [2.05, 4.69) is 60.1 Å². The number of nitrogen functional groups attached to an aromatic ring is 1. The Balaban J connectivity index is 1.53. The third-order valence-electron chi connectivity index (χ3n) is 7.15. The van der Waals surface area contributed by atoms with E-state index in [0.717, 1.165) is 46.7 Å². The summed E-state index contributed by atoms with van der Waals surface area (Å²) in [4.78, 5) is 6.44. The third kappa shape index (κ3) is 6.51. The fourth-order valence-corrected chi connectivity index (χ4v) is 7.46. The first-order valence-electron chi connectivity index (χ1n) is 12.0. The van der Waals surface area contributed by atoms with Crippen LogP contribution in [0.4, 0.5) is 26.4 Å². The lowest BCUT2D eigenvalue weighted by Gasteiger charge is -2.53. The van der Waals surface area contributed by atoms with Crippen LogP contribution in [0.3, 0.4) is 0 Å². The number of hydrogen-bond donors (Lipinski definition) is 3. The number of nitrogens with zero attached hydrogens (tertiary/aromatic N) is 3. The lowest BCUT2D eigenvalue weighted by Crippen LogP contribution is -2.59. The molecule has 0 atom stereocenters. The van der Waals surface area contributed by atoms with Crippen molar-refractivity contribution in [3.63, 3.8) is 0 Å². The summed E-state index contributed by atoms with van der Waals surface area (Å²) in [6.45, 7) is 9.23. The highest BCUT2D eigenvalue weighted by Gasteiger charge is 2.43. The molecule has 1 fully saturated rings. The number of anilines is 3. The number of piperidine rings is 1. The Kier molecular flexibility index (Phi) is 8.05. The van der Waals surface area contributed by atoms with Gasteiger partial charge in [-0.25, -0.2) is 5.10 Å². The van der Waals surface area contributed by atoms with E-state index in [1.165, 1.54) is 6.07 Å². The summed E-state index contributed by atoms with van der Waals surface area (Å²) in [6, 6.07) is 10.7. The number of rotatable bonds is 7. The number of aromatic amines is 1. The Morgan fingerprint density at radius 3 is 2.35 bits per heavy atom. The van der Waals surface area contributed by atoms with E-state index in [-0.39, 0.29) is 33.6 Å². The average Bonchev–Trinajstić information content (AvgIpc) is 3.19. The molecule has 0 amide bonds. The molecule has 0 radical (unpaired) electrons. The molecule has 0 unspecified atom stereocenters. The molecule has 1 saturated heterocycles. The van der Waals surface area contributed by atoms with Gasteiger partial charge in [-0.1, -0.05) is 35.9 Å². The zero-order valence-electron chi connectivity index (χ0n) is 21.5. The van der Waals surface area contributed by atoms with Crippen LogP contribution >= 0.6 is 46.0 Å². The van der Waals surface area contributed by atoms with Crippen LogP contribution in [-0.4, -0.2) is 43.5 Å². The van der Waals surface area contributed by atoms with E-state index in [1.54, 1.807) is 6.07 Å². The Morgan fingerprint density at radius 2 is 1.81 bits per heavy atom. The highest BCUT2D eigenvalue weighted by atomic mass is 127. The fraction of sp³-hybridized carbons (Fsp3) is 0.462. The SMILES string of the molecule is CN1C(C)(C)CC(SCc2ccc(-c3c(Cl)cc(Nc4n[nH]c(N)n4)cc3C(F)(F)I)cc2)CC1(C)C. The third-order valence-corrected chi connectivity index (χ3v) is 9.34. The van der Waals surface area contributed by atoms with Crippen LogP contribution in [0.5, 0.6) is 0 Å². The molecule has 4 rings (SSSR count). The second-order valence-electron chi connectivity index (χ2n) is 10.8. The number of hydrogen-bond acceptors (Lipinski definition) is 6. The van der Waals surface area contributed by atoms with Gasteiger partial charge >= 0.3 is 3.93 Å². The smallest absolute Gasteiger partial charge is 0.322 e. The van der Waals surface area contributed by atoms with E-state index in [9.17, 15) is 8.78 Å². The van der Waals surface area contributed by atoms with E-state index in [1.807, 2.05) is 36.0 Å². The zero-order chi connectivity index (χ0) is 27.2. The molecule has 3 aromatic rings. The van der Waals surface area contributed by atoms with Crippen LogP contribution in [0.2, 0.25) is 5.02 Å². The molecule has 1 aliphatic rings. The first-order chi connectivity index (χ1) is 17.2. The van der Waals surface area contributed by atoms with Gasteiger partial charge in [0.2, 0.25) is 11.9 Å². The maximum atomic E-state index is 14.7. The molecule has 6 nitrogen and oxygen atoms in total. The lowest BCUT2D eigenvalue weighted by atomic mass is 9.80. The lowest BCUT2D eigenvalue weighted by molar-refractivity contribution is 0.00130. The summed E-state index contributed by atoms with van der Waals surface area (Å²) in [7, 11) is 2.21. The molecule has 0 spiro atoms. The second kappa shape index (κ2) is 10.5. The molecular formula is C26H32ClF2IN6S. The summed E-state index contributed by atoms with van der Waals surface area (Å²) in [5.41, 5.74) is 8.08. The molecule has 37 heavy (non-hydrogen) atoms. The number of aromatic nitrogens is 3. The standard InChI is InChI=1S/C26H32ClF2IN6S/c1-24(2)12-18(13-25(3,4)36(24)5)37-14-15-6-8-16(9-7-15)21-19(26(28,29)30)10-17(11-20(21)27)32-23-33-22(31)34-35-23/h6-11,18H,12-14H2,1-5H3,(H4,31,32,33,34,35). The molecule has 1 aliphatic heterocycles. The molecule has 1 aromatic heterocycles. The van der Waals surface area contributed by atoms with Crippen LogP contribution in [0.25, 0.3) is 11.1 Å². The predicted octanol–water partition coefficient (Wildman–Crippen LogP) is 7.82. The van der Waals surface area contributed by atoms with E-state index >= 15 is 0 Å². The van der Waals surface area contributed by atoms with E-state index in [4.69, 9.17) is 17.3 Å². The van der Waals surface area contributed by atoms with Gasteiger partial charge in [0.15, 0.2) is 0 Å². The van der Waals surface area contributed by atoms with Gasteiger partial charge in [0.25, 0.3) is 0 Å². The fourth-order valence-electron chi connectivity index (χ4n) is 5.03. The Hall–Kier alpha value is -1.63. The van der Waals surface area contributed by atoms with Crippen molar-refractivity contribution in [3.8, 4) is 11.1 Å². The number of H-pyrrole nitrogens is 1. The Morgan fingerprint density at radius 1 is 1.19 bits per heavy atom. The maximum Gasteiger partial charge on any atom is 0.322 e. The summed E-state index contributed by atoms with van der Waals surface area (Å²) in [5.74, 6) is 1.15. The van der Waals surface area contributed by atoms with Crippen molar-refractivity contribution < 1.29 is 8.78 Å². The van der Waals surface area contributed by atoms with Gasteiger partial charge < -0.3 is 11.1 Å². The monoisotopic (exact) mass is 660 g/mol. The molecule has 0 saturated carbocycles. The largest absolute Gasteiger partial charge is 0.368 e. The van der Waals surface area contributed by atoms with Crippen molar-refractivity contribution in [3.05, 3.63) is 52.5 Å². The summed E-state index contributed by atoms with van der Waals surface area (Å²) < 4.78 is 26.3. The highest BCUT2D eigenvalue weighted by Crippen LogP contribution is 2.46. The Bertz CT molecular complexity index is 1240. The molecule has 200 valence electrons. The van der Waals surface area contributed by atoms with E-state index in [0.29, 0.717) is 22.1 Å². The number of halogens is 4. The molecular weight excluding hydrogens is 629 g/mol. The predicted molar refractivity (Wildman–Crippen MR) is 159 cm³/mol. The molecule has 0 bridgehead atoms. The Labute approximate surface area is 239 Å². The van der Waals surface area contributed by atoms with Crippen LogP contribution in [0.15, 0.2) is 36.4 Å². The van der Waals surface area contributed by atoms with E-state index < -0.39 is 3.93 Å². The normalized spacial score (nSPS) is 18.2. The van der Waals surface area contributed by atoms with Gasteiger partial charge in [-0.3, -0.25) is 4.90 Å². The number of benzene rings is 2. The van der Waals surface area contributed by atoms with Gasteiger partial charge in [0, 0.05) is 61.5 Å². The number of nitrogens with two attached hydrogens (primary N) is 1. The molecule has 2 aromatic carbocycles. The maximum absolute atomic E-state index is 14.7. The van der Waals surface area contributed by atoms with Gasteiger partial charge in [-0.05, 0) is 70.8 Å². The van der Waals surface area contributed by atoms with Crippen molar-refractivity contribution in [1.29, 1.82) is 0 Å². The number of nitrogens with one attached hydrogen (secondary N) is 2. The zero-order valence-corrected chi connectivity index (χ0v) is 25.2. The minimum Gasteiger partial charge on any atom is -0.368 e. The first kappa shape index (κ1) is 28.4. The van der Waals surface area contributed by atoms with Gasteiger partial charge in [-0.2, -0.15) is 25.5 Å². The van der Waals surface area contributed by atoms with Gasteiger partial charge in [0.1, 0.15) is 0 Å². The number of alkyl halides is 3. The van der Waals surface area contributed by atoms with Crippen molar-refractivity contribution in [2.45, 2.75) is 66.5 Å². The van der Waals surface area contributed by atoms with Crippen LogP contribution in [0.1, 0.15) is 51.7 Å². The molecule has 0 aliphatic carbocycles. The first-order valence-corrected chi connectivity index (χ1v) is 14.5. The van der Waals surface area contributed by atoms with Crippen LogP contribution in [-0.2, 0) is 9.68 Å². The van der Waals surface area contributed by atoms with Gasteiger partial charge in [-0.15, -0.1) is 5.10 Å². The molecule has 11 heteroatoms. The average molecular weight is 661 g/mol. The van der Waals surface area contributed by atoms with Crippen molar-refractivity contribution in [1.82, 2.24) is 20.1 Å². The molecule has 4 N–H and O–H groups in total. The van der Waals surface area contributed by atoms with Crippen molar-refractivity contribution in [2.24, 2.45) is 0 Å². The van der Waals surface area contributed by atoms with Crippen molar-refractivity contribution >= 4 is 63.5 Å². The van der Waals surface area contributed by atoms with Crippen LogP contribution < -0.4 is 11.1 Å².